The minimum absolute atomic E-state index is 0.0375. The van der Waals surface area contributed by atoms with Crippen molar-refractivity contribution in [2.45, 2.75) is 38.8 Å². The van der Waals surface area contributed by atoms with Gasteiger partial charge in [-0.3, -0.25) is 0 Å². The first-order valence-electron chi connectivity index (χ1n) is 7.25. The summed E-state index contributed by atoms with van der Waals surface area (Å²) in [5.41, 5.74) is 1.48. The second kappa shape index (κ2) is 6.51. The molecule has 1 aromatic rings. The smallest absolute Gasteiger partial charge is 0.357 e. The molecular weight excluding hydrogens is 281 g/mol. The number of nitrogen functional groups attached to an aromatic ring is 1. The first-order valence-corrected chi connectivity index (χ1v) is 7.25. The number of alkyl halides is 3. The molecule has 1 fully saturated rings. The average Bonchev–Trinajstić information content (AvgIpc) is 2.47. The van der Waals surface area contributed by atoms with Crippen LogP contribution in [-0.4, -0.2) is 18.1 Å². The van der Waals surface area contributed by atoms with E-state index in [1.807, 2.05) is 4.90 Å². The van der Waals surface area contributed by atoms with Crippen LogP contribution < -0.4 is 16.2 Å². The van der Waals surface area contributed by atoms with Crippen LogP contribution in [0.2, 0.25) is 0 Å². The number of piperidine rings is 1. The van der Waals surface area contributed by atoms with Crippen molar-refractivity contribution in [1.29, 1.82) is 0 Å². The maximum Gasteiger partial charge on any atom is 0.416 e. The lowest BCUT2D eigenvalue weighted by atomic mass is 9.92. The maximum absolute atomic E-state index is 12.9. The Hall–Kier alpha value is -1.50. The number of aromatic nitrogens is 1. The molecule has 0 unspecified atom stereocenters. The van der Waals surface area contributed by atoms with Gasteiger partial charge in [0.15, 0.2) is 0 Å². The first-order chi connectivity index (χ1) is 9.94. The molecule has 3 N–H and O–H groups in total. The highest BCUT2D eigenvalue weighted by Gasteiger charge is 2.32. The number of nitrogens with zero attached hydrogens (tertiary/aromatic N) is 2. The van der Waals surface area contributed by atoms with Crippen molar-refractivity contribution in [3.63, 3.8) is 0 Å². The van der Waals surface area contributed by atoms with Gasteiger partial charge in [-0.15, -0.1) is 0 Å². The van der Waals surface area contributed by atoms with E-state index in [1.54, 1.807) is 0 Å². The van der Waals surface area contributed by atoms with Crippen molar-refractivity contribution >= 4 is 11.6 Å². The molecule has 1 aliphatic rings. The number of halogens is 3. The quantitative estimate of drug-likeness (QED) is 0.661. The van der Waals surface area contributed by atoms with Gasteiger partial charge in [0.1, 0.15) is 11.6 Å². The highest BCUT2D eigenvalue weighted by molar-refractivity contribution is 5.51. The zero-order chi connectivity index (χ0) is 15.5. The number of hydrazine groups is 1. The van der Waals surface area contributed by atoms with E-state index in [-0.39, 0.29) is 5.82 Å². The first kappa shape index (κ1) is 15.9. The van der Waals surface area contributed by atoms with Gasteiger partial charge in [0, 0.05) is 13.1 Å². The number of nitrogens with two attached hydrogens (primary N) is 1. The van der Waals surface area contributed by atoms with Gasteiger partial charge in [0.2, 0.25) is 0 Å². The molecular formula is C14H21F3N4. The molecule has 4 nitrogen and oxygen atoms in total. The minimum Gasteiger partial charge on any atom is -0.357 e. The summed E-state index contributed by atoms with van der Waals surface area (Å²) in [6.45, 7) is 3.63. The Labute approximate surface area is 122 Å². The lowest BCUT2D eigenvalue weighted by Gasteiger charge is -2.33. The van der Waals surface area contributed by atoms with Crippen molar-refractivity contribution in [3.05, 3.63) is 17.7 Å². The van der Waals surface area contributed by atoms with E-state index >= 15 is 0 Å². The molecule has 0 atom stereocenters. The number of nitrogens with one attached hydrogen (secondary N) is 1. The van der Waals surface area contributed by atoms with Gasteiger partial charge in [-0.1, -0.05) is 19.8 Å². The molecule has 1 aliphatic heterocycles. The van der Waals surface area contributed by atoms with Gasteiger partial charge in [0.25, 0.3) is 0 Å². The zero-order valence-electron chi connectivity index (χ0n) is 12.1. The molecule has 0 spiro atoms. The van der Waals surface area contributed by atoms with Gasteiger partial charge >= 0.3 is 6.18 Å². The fourth-order valence-corrected chi connectivity index (χ4v) is 2.77. The van der Waals surface area contributed by atoms with Gasteiger partial charge in [-0.2, -0.15) is 13.2 Å². The minimum atomic E-state index is -4.40. The lowest BCUT2D eigenvalue weighted by Crippen LogP contribution is -2.34. The number of rotatable bonds is 4. The van der Waals surface area contributed by atoms with E-state index in [4.69, 9.17) is 5.84 Å². The Morgan fingerprint density at radius 2 is 2.00 bits per heavy atom. The topological polar surface area (TPSA) is 54.2 Å². The summed E-state index contributed by atoms with van der Waals surface area (Å²) in [7, 11) is 0. The average molecular weight is 302 g/mol. The highest BCUT2D eigenvalue weighted by atomic mass is 19.4. The molecule has 118 valence electrons. The molecule has 0 saturated carbocycles. The van der Waals surface area contributed by atoms with Crippen LogP contribution in [0.4, 0.5) is 24.8 Å². The Bertz CT molecular complexity index is 468. The van der Waals surface area contributed by atoms with Crippen molar-refractivity contribution in [1.82, 2.24) is 4.98 Å². The van der Waals surface area contributed by atoms with E-state index < -0.39 is 11.7 Å². The normalized spacial score (nSPS) is 17.1. The van der Waals surface area contributed by atoms with Crippen molar-refractivity contribution in [2.24, 2.45) is 11.8 Å². The second-order valence-corrected chi connectivity index (χ2v) is 5.46. The predicted octanol–water partition coefficient (Wildman–Crippen LogP) is 3.40. The summed E-state index contributed by atoms with van der Waals surface area (Å²) in [4.78, 5) is 6.05. The SMILES string of the molecule is CCCC1CCN(c2cc(C(F)(F)F)cc(NN)n2)CC1. The van der Waals surface area contributed by atoms with E-state index in [9.17, 15) is 13.2 Å². The van der Waals surface area contributed by atoms with Crippen LogP contribution in [0.5, 0.6) is 0 Å². The fraction of sp³-hybridized carbons (Fsp3) is 0.643. The maximum atomic E-state index is 12.9. The van der Waals surface area contributed by atoms with Crippen LogP contribution in [-0.2, 0) is 6.18 Å². The van der Waals surface area contributed by atoms with Crippen LogP contribution in [0.15, 0.2) is 12.1 Å². The van der Waals surface area contributed by atoms with Gasteiger partial charge in [-0.25, -0.2) is 10.8 Å². The van der Waals surface area contributed by atoms with E-state index in [1.165, 1.54) is 6.42 Å². The Morgan fingerprint density at radius 1 is 1.33 bits per heavy atom. The van der Waals surface area contributed by atoms with Crippen molar-refractivity contribution in [3.8, 4) is 0 Å². The standard InChI is InChI=1S/C14H21F3N4/c1-2-3-10-4-6-21(7-5-10)13-9-11(14(15,16)17)8-12(19-13)20-18/h8-10H,2-7,18H2,1H3,(H,19,20). The van der Waals surface area contributed by atoms with Gasteiger partial charge in [0.05, 0.1) is 5.56 Å². The molecule has 21 heavy (non-hydrogen) atoms. The summed E-state index contributed by atoms with van der Waals surface area (Å²) in [6, 6.07) is 2.02. The van der Waals surface area contributed by atoms with Crippen LogP contribution in [0.25, 0.3) is 0 Å². The third-order valence-corrected chi connectivity index (χ3v) is 3.92. The number of hydrogen-bond acceptors (Lipinski definition) is 4. The number of anilines is 2. The molecule has 1 saturated heterocycles. The van der Waals surface area contributed by atoms with Crippen LogP contribution in [0.3, 0.4) is 0 Å². The molecule has 2 heterocycles. The highest BCUT2D eigenvalue weighted by Crippen LogP contribution is 2.34. The monoisotopic (exact) mass is 302 g/mol. The van der Waals surface area contributed by atoms with Crippen LogP contribution in [0, 0.1) is 5.92 Å². The predicted molar refractivity (Wildman–Crippen MR) is 76.9 cm³/mol. The van der Waals surface area contributed by atoms with Crippen LogP contribution in [0.1, 0.15) is 38.2 Å². The molecule has 0 aromatic carbocycles. The molecule has 0 aliphatic carbocycles. The summed E-state index contributed by atoms with van der Waals surface area (Å²) in [6.07, 6.45) is -0.0781. The van der Waals surface area contributed by atoms with Crippen LogP contribution >= 0.6 is 0 Å². The van der Waals surface area contributed by atoms with E-state index in [0.717, 1.165) is 44.5 Å². The second-order valence-electron chi connectivity index (χ2n) is 5.46. The summed E-state index contributed by atoms with van der Waals surface area (Å²) in [5, 5.41) is 0. The molecule has 0 radical (unpaired) electrons. The van der Waals surface area contributed by atoms with E-state index in [2.05, 4.69) is 17.3 Å². The Morgan fingerprint density at radius 3 is 2.52 bits per heavy atom. The molecule has 7 heteroatoms. The molecule has 0 amide bonds. The number of hydrogen-bond donors (Lipinski definition) is 2. The number of pyridine rings is 1. The molecule has 0 bridgehead atoms. The Balaban J connectivity index is 2.16. The Kier molecular flexibility index (Phi) is 4.92. The van der Waals surface area contributed by atoms with Crippen molar-refractivity contribution < 1.29 is 13.2 Å². The molecule has 1 aromatic heterocycles. The zero-order valence-corrected chi connectivity index (χ0v) is 12.1. The largest absolute Gasteiger partial charge is 0.416 e. The lowest BCUT2D eigenvalue weighted by molar-refractivity contribution is -0.137. The summed E-state index contributed by atoms with van der Waals surface area (Å²) in [5.74, 6) is 6.27. The van der Waals surface area contributed by atoms with E-state index in [0.29, 0.717) is 11.7 Å². The molecule has 2 rings (SSSR count). The van der Waals surface area contributed by atoms with Gasteiger partial charge in [-0.05, 0) is 30.9 Å². The third kappa shape index (κ3) is 4.00. The van der Waals surface area contributed by atoms with Crippen molar-refractivity contribution in [2.75, 3.05) is 23.4 Å². The summed E-state index contributed by atoms with van der Waals surface area (Å²) >= 11 is 0. The third-order valence-electron chi connectivity index (χ3n) is 3.92. The fourth-order valence-electron chi connectivity index (χ4n) is 2.77. The van der Waals surface area contributed by atoms with Gasteiger partial charge < -0.3 is 10.3 Å². The summed E-state index contributed by atoms with van der Waals surface area (Å²) < 4.78 is 38.7.